The number of benzene rings is 1. The van der Waals surface area contributed by atoms with Gasteiger partial charge < -0.3 is 19.1 Å². The summed E-state index contributed by atoms with van der Waals surface area (Å²) in [5.74, 6) is 2.72. The lowest BCUT2D eigenvalue weighted by molar-refractivity contribution is 0.144. The summed E-state index contributed by atoms with van der Waals surface area (Å²) in [6.07, 6.45) is 3.27. The molecule has 0 atom stereocenters. The summed E-state index contributed by atoms with van der Waals surface area (Å²) >= 11 is 0. The molecule has 0 saturated carbocycles. The molecule has 0 bridgehead atoms. The van der Waals surface area contributed by atoms with Crippen LogP contribution in [0.4, 0.5) is 5.82 Å². The fourth-order valence-electron chi connectivity index (χ4n) is 4.79. The van der Waals surface area contributed by atoms with Crippen LogP contribution in [0.5, 0.6) is 11.5 Å². The number of aryl methyl sites for hydroxylation is 1. The molecule has 0 N–H and O–H groups in total. The average molecular weight is 438 g/mol. The van der Waals surface area contributed by atoms with Crippen LogP contribution in [0.2, 0.25) is 0 Å². The molecule has 1 aliphatic heterocycles. The van der Waals surface area contributed by atoms with E-state index in [9.17, 15) is 0 Å². The Labute approximate surface area is 188 Å². The maximum atomic E-state index is 5.46. The van der Waals surface area contributed by atoms with Crippen molar-refractivity contribution in [3.05, 3.63) is 35.5 Å². The van der Waals surface area contributed by atoms with Crippen LogP contribution in [0.1, 0.15) is 17.7 Å². The number of anilines is 1. The Morgan fingerprint density at radius 3 is 2.34 bits per heavy atom. The second-order valence-corrected chi connectivity index (χ2v) is 8.44. The quantitative estimate of drug-likeness (QED) is 0.563. The minimum atomic E-state index is 0.749. The highest BCUT2D eigenvalue weighted by molar-refractivity contribution is 5.70. The lowest BCUT2D eigenvalue weighted by atomic mass is 10.1. The molecule has 1 saturated heterocycles. The van der Waals surface area contributed by atoms with Crippen molar-refractivity contribution in [3.63, 3.8) is 0 Å². The highest BCUT2D eigenvalue weighted by atomic mass is 16.5. The van der Waals surface area contributed by atoms with Crippen LogP contribution in [-0.2, 0) is 17.6 Å². The van der Waals surface area contributed by atoms with Gasteiger partial charge in [-0.25, -0.2) is 4.98 Å². The molecule has 1 aromatic carbocycles. The van der Waals surface area contributed by atoms with E-state index in [0.29, 0.717) is 0 Å². The molecule has 1 aliphatic carbocycles. The van der Waals surface area contributed by atoms with E-state index in [1.54, 1.807) is 21.3 Å². The van der Waals surface area contributed by atoms with Gasteiger partial charge >= 0.3 is 0 Å². The van der Waals surface area contributed by atoms with Crippen molar-refractivity contribution in [1.29, 1.82) is 0 Å². The van der Waals surface area contributed by atoms with Crippen molar-refractivity contribution in [2.75, 3.05) is 65.6 Å². The summed E-state index contributed by atoms with van der Waals surface area (Å²) in [6.45, 7) is 5.79. The summed E-state index contributed by atoms with van der Waals surface area (Å²) in [5.41, 5.74) is 5.32. The highest BCUT2D eigenvalue weighted by Gasteiger charge is 2.27. The molecule has 8 heteroatoms. The molecular weight excluding hydrogens is 406 g/mol. The zero-order valence-electron chi connectivity index (χ0n) is 19.1. The second-order valence-electron chi connectivity index (χ2n) is 8.44. The fourth-order valence-corrected chi connectivity index (χ4v) is 4.79. The molecule has 0 spiro atoms. The molecule has 0 radical (unpaired) electrons. The molecule has 32 heavy (non-hydrogen) atoms. The second kappa shape index (κ2) is 8.96. The topological polar surface area (TPSA) is 64.4 Å². The molecule has 2 aliphatic rings. The summed E-state index contributed by atoms with van der Waals surface area (Å²) in [4.78, 5) is 9.94. The minimum absolute atomic E-state index is 0.749. The molecule has 8 nitrogen and oxygen atoms in total. The first-order valence-electron chi connectivity index (χ1n) is 11.3. The summed E-state index contributed by atoms with van der Waals surface area (Å²) < 4.78 is 18.2. The molecule has 0 amide bonds. The number of aromatic nitrogens is 3. The number of hydrogen-bond donors (Lipinski definition) is 0. The smallest absolute Gasteiger partial charge is 0.158 e. The lowest BCUT2D eigenvalue weighted by Crippen LogP contribution is -2.48. The predicted molar refractivity (Wildman–Crippen MR) is 124 cm³/mol. The lowest BCUT2D eigenvalue weighted by Gasteiger charge is -2.36. The fraction of sp³-hybridized carbons (Fsp3) is 0.500. The zero-order valence-corrected chi connectivity index (χ0v) is 19.1. The number of piperazine rings is 1. The molecule has 3 aromatic rings. The van der Waals surface area contributed by atoms with Gasteiger partial charge in [0.05, 0.1) is 26.5 Å². The molecule has 170 valence electrons. The van der Waals surface area contributed by atoms with Crippen LogP contribution in [0.25, 0.3) is 16.9 Å². The monoisotopic (exact) mass is 437 g/mol. The number of methoxy groups -OCH3 is 3. The van der Waals surface area contributed by atoms with Gasteiger partial charge in [-0.3, -0.25) is 4.90 Å². The number of hydrogen-bond acceptors (Lipinski definition) is 7. The maximum Gasteiger partial charge on any atom is 0.158 e. The van der Waals surface area contributed by atoms with Crippen molar-refractivity contribution in [3.8, 4) is 22.8 Å². The Balaban J connectivity index is 1.53. The Morgan fingerprint density at radius 2 is 1.66 bits per heavy atom. The Kier molecular flexibility index (Phi) is 5.89. The third kappa shape index (κ3) is 3.89. The standard InChI is InChI=1S/C24H31N5O3/c1-30-12-11-27-7-9-28(10-8-27)24-20-5-4-6-21(20)25-23-16-22(26-29(23)24)17-13-18(31-2)15-19(14-17)32-3/h13-16H,4-12H2,1-3H3. The summed E-state index contributed by atoms with van der Waals surface area (Å²) in [5, 5.41) is 5.02. The van der Waals surface area contributed by atoms with Crippen LogP contribution in [0, 0.1) is 0 Å². The van der Waals surface area contributed by atoms with Crippen molar-refractivity contribution in [2.45, 2.75) is 19.3 Å². The Hall–Kier alpha value is -2.84. The average Bonchev–Trinajstić information content (AvgIpc) is 3.48. The van der Waals surface area contributed by atoms with E-state index < -0.39 is 0 Å². The van der Waals surface area contributed by atoms with Crippen molar-refractivity contribution >= 4 is 11.5 Å². The Bertz CT molecular complexity index is 1080. The van der Waals surface area contributed by atoms with Gasteiger partial charge in [0.25, 0.3) is 0 Å². The van der Waals surface area contributed by atoms with Gasteiger partial charge in [-0.1, -0.05) is 0 Å². The van der Waals surface area contributed by atoms with Gasteiger partial charge in [-0.15, -0.1) is 0 Å². The van der Waals surface area contributed by atoms with Gasteiger partial charge in [0.2, 0.25) is 0 Å². The first kappa shape index (κ1) is 21.0. The normalized spacial score (nSPS) is 16.5. The van der Waals surface area contributed by atoms with Crippen LogP contribution in [0.15, 0.2) is 24.3 Å². The zero-order chi connectivity index (χ0) is 22.1. The van der Waals surface area contributed by atoms with E-state index >= 15 is 0 Å². The summed E-state index contributed by atoms with van der Waals surface area (Å²) in [7, 11) is 5.10. The van der Waals surface area contributed by atoms with Gasteiger partial charge in [0.1, 0.15) is 17.3 Å². The minimum Gasteiger partial charge on any atom is -0.497 e. The molecule has 2 aromatic heterocycles. The Morgan fingerprint density at radius 1 is 0.906 bits per heavy atom. The molecule has 5 rings (SSSR count). The number of rotatable bonds is 7. The first-order valence-corrected chi connectivity index (χ1v) is 11.3. The van der Waals surface area contributed by atoms with E-state index in [1.165, 1.54) is 17.1 Å². The van der Waals surface area contributed by atoms with E-state index in [-0.39, 0.29) is 0 Å². The SMILES string of the molecule is COCCN1CCN(c2c3c(nc4cc(-c5cc(OC)cc(OC)c5)nn24)CCC3)CC1. The van der Waals surface area contributed by atoms with Crippen molar-refractivity contribution in [1.82, 2.24) is 19.5 Å². The number of nitrogens with zero attached hydrogens (tertiary/aromatic N) is 5. The number of ether oxygens (including phenoxy) is 3. The van der Waals surface area contributed by atoms with Gasteiger partial charge in [-0.2, -0.15) is 9.61 Å². The van der Waals surface area contributed by atoms with Crippen LogP contribution in [0.3, 0.4) is 0 Å². The van der Waals surface area contributed by atoms with Crippen molar-refractivity contribution in [2.24, 2.45) is 0 Å². The largest absolute Gasteiger partial charge is 0.497 e. The van der Waals surface area contributed by atoms with Crippen LogP contribution >= 0.6 is 0 Å². The van der Waals surface area contributed by atoms with Crippen LogP contribution < -0.4 is 14.4 Å². The van der Waals surface area contributed by atoms with E-state index in [4.69, 9.17) is 24.3 Å². The van der Waals surface area contributed by atoms with Crippen molar-refractivity contribution < 1.29 is 14.2 Å². The number of fused-ring (bicyclic) bond motifs is 2. The molecule has 1 fully saturated rings. The maximum absolute atomic E-state index is 5.46. The summed E-state index contributed by atoms with van der Waals surface area (Å²) in [6, 6.07) is 7.93. The van der Waals surface area contributed by atoms with Gasteiger partial charge in [0, 0.05) is 68.8 Å². The predicted octanol–water partition coefficient (Wildman–Crippen LogP) is 2.67. The van der Waals surface area contributed by atoms with E-state index in [1.807, 2.05) is 18.2 Å². The third-order valence-corrected chi connectivity index (χ3v) is 6.53. The van der Waals surface area contributed by atoms with Gasteiger partial charge in [-0.05, 0) is 31.4 Å². The van der Waals surface area contributed by atoms with E-state index in [0.717, 1.165) is 87.0 Å². The molecule has 0 unspecified atom stereocenters. The molecule has 3 heterocycles. The van der Waals surface area contributed by atoms with E-state index in [2.05, 4.69) is 20.4 Å². The van der Waals surface area contributed by atoms with Crippen LogP contribution in [-0.4, -0.2) is 80.2 Å². The molecular formula is C24H31N5O3. The third-order valence-electron chi connectivity index (χ3n) is 6.53. The first-order chi connectivity index (χ1) is 15.7. The highest BCUT2D eigenvalue weighted by Crippen LogP contribution is 2.34. The van der Waals surface area contributed by atoms with Gasteiger partial charge in [0.15, 0.2) is 5.65 Å².